The summed E-state index contributed by atoms with van der Waals surface area (Å²) in [5.74, 6) is 1.18. The molecule has 4 atom stereocenters. The fraction of sp³-hybridized carbons (Fsp3) is 0.588. The molecule has 7 nitrogen and oxygen atoms in total. The van der Waals surface area contributed by atoms with Crippen LogP contribution in [0.5, 0.6) is 0 Å². The Bertz CT molecular complexity index is 731. The first-order valence-corrected chi connectivity index (χ1v) is 8.70. The predicted octanol–water partition coefficient (Wildman–Crippen LogP) is 2.05. The van der Waals surface area contributed by atoms with E-state index in [4.69, 9.17) is 4.74 Å². The highest BCUT2D eigenvalue weighted by molar-refractivity contribution is 5.74. The Kier molecular flexibility index (Phi) is 4.10. The van der Waals surface area contributed by atoms with Gasteiger partial charge >= 0.3 is 6.03 Å². The number of pyridine rings is 1. The molecule has 2 fully saturated rings. The average molecular weight is 329 g/mol. The molecule has 24 heavy (non-hydrogen) atoms. The van der Waals surface area contributed by atoms with Gasteiger partial charge in [0.15, 0.2) is 11.5 Å². The third-order valence-corrected chi connectivity index (χ3v) is 5.17. The molecule has 128 valence electrons. The van der Waals surface area contributed by atoms with Crippen molar-refractivity contribution in [1.82, 2.24) is 25.2 Å². The van der Waals surface area contributed by atoms with E-state index in [2.05, 4.69) is 20.8 Å². The van der Waals surface area contributed by atoms with Crippen LogP contribution in [0.25, 0.3) is 5.65 Å². The van der Waals surface area contributed by atoms with Crippen LogP contribution in [0.15, 0.2) is 24.4 Å². The smallest absolute Gasteiger partial charge is 0.315 e. The molecule has 2 amide bonds. The molecule has 1 saturated heterocycles. The van der Waals surface area contributed by atoms with Crippen LogP contribution in [0, 0.1) is 5.92 Å². The molecule has 1 aliphatic heterocycles. The van der Waals surface area contributed by atoms with Crippen molar-refractivity contribution < 1.29 is 9.53 Å². The zero-order valence-electron chi connectivity index (χ0n) is 13.8. The molecule has 0 spiro atoms. The summed E-state index contributed by atoms with van der Waals surface area (Å²) in [5, 5.41) is 14.5. The Morgan fingerprint density at radius 2 is 2.25 bits per heavy atom. The number of fused-ring (bicyclic) bond motifs is 2. The third kappa shape index (κ3) is 2.84. The molecular formula is C17H23N5O2. The molecule has 2 aliphatic rings. The molecule has 2 aromatic heterocycles. The van der Waals surface area contributed by atoms with Crippen molar-refractivity contribution in [2.45, 2.75) is 50.8 Å². The highest BCUT2D eigenvalue weighted by Gasteiger charge is 2.38. The van der Waals surface area contributed by atoms with Crippen molar-refractivity contribution in [2.24, 2.45) is 5.92 Å². The van der Waals surface area contributed by atoms with Gasteiger partial charge in [0.25, 0.3) is 0 Å². The SMILES string of the molecule is CC(NC(=O)NC1CCCC2OCCC12)c1nnc2ccccn12. The van der Waals surface area contributed by atoms with Crippen molar-refractivity contribution in [1.29, 1.82) is 0 Å². The lowest BCUT2D eigenvalue weighted by atomic mass is 9.82. The second-order valence-electron chi connectivity index (χ2n) is 6.73. The number of hydrogen-bond acceptors (Lipinski definition) is 4. The second-order valence-corrected chi connectivity index (χ2v) is 6.73. The summed E-state index contributed by atoms with van der Waals surface area (Å²) in [4.78, 5) is 12.4. The van der Waals surface area contributed by atoms with Gasteiger partial charge in [-0.25, -0.2) is 4.79 Å². The number of nitrogens with zero attached hydrogens (tertiary/aromatic N) is 3. The van der Waals surface area contributed by atoms with Gasteiger partial charge in [-0.1, -0.05) is 6.07 Å². The van der Waals surface area contributed by atoms with E-state index in [1.165, 1.54) is 0 Å². The minimum atomic E-state index is -0.221. The van der Waals surface area contributed by atoms with Crippen molar-refractivity contribution in [3.63, 3.8) is 0 Å². The summed E-state index contributed by atoms with van der Waals surface area (Å²) in [6.45, 7) is 2.74. The first-order chi connectivity index (χ1) is 11.7. The summed E-state index contributed by atoms with van der Waals surface area (Å²) < 4.78 is 7.66. The predicted molar refractivity (Wildman–Crippen MR) is 88.6 cm³/mol. The van der Waals surface area contributed by atoms with Crippen LogP contribution >= 0.6 is 0 Å². The largest absolute Gasteiger partial charge is 0.378 e. The standard InChI is InChI=1S/C17H23N5O2/c1-11(16-21-20-15-7-2-3-9-22(15)16)18-17(23)19-13-5-4-6-14-12(13)8-10-24-14/h2-3,7,9,11-14H,4-6,8,10H2,1H3,(H2,18,19,23). The summed E-state index contributed by atoms with van der Waals surface area (Å²) in [5.41, 5.74) is 0.778. The van der Waals surface area contributed by atoms with E-state index in [1.54, 1.807) is 0 Å². The second kappa shape index (κ2) is 6.39. The molecule has 2 aromatic rings. The number of amides is 2. The van der Waals surface area contributed by atoms with Crippen molar-refractivity contribution in [3.05, 3.63) is 30.2 Å². The highest BCUT2D eigenvalue weighted by atomic mass is 16.5. The zero-order chi connectivity index (χ0) is 16.5. The normalized spacial score (nSPS) is 27.6. The van der Waals surface area contributed by atoms with Crippen LogP contribution in [-0.4, -0.2) is 39.4 Å². The maximum Gasteiger partial charge on any atom is 0.315 e. The van der Waals surface area contributed by atoms with Gasteiger partial charge in [0.1, 0.15) is 0 Å². The van der Waals surface area contributed by atoms with Crippen LogP contribution in [0.2, 0.25) is 0 Å². The molecule has 1 saturated carbocycles. The van der Waals surface area contributed by atoms with E-state index in [9.17, 15) is 4.79 Å². The number of nitrogens with one attached hydrogen (secondary N) is 2. The molecular weight excluding hydrogens is 306 g/mol. The van der Waals surface area contributed by atoms with E-state index in [0.29, 0.717) is 12.0 Å². The number of carbonyl (C=O) groups excluding carboxylic acids is 1. The quantitative estimate of drug-likeness (QED) is 0.903. The first-order valence-electron chi connectivity index (χ1n) is 8.70. The first kappa shape index (κ1) is 15.4. The van der Waals surface area contributed by atoms with Crippen LogP contribution in [-0.2, 0) is 4.74 Å². The summed E-state index contributed by atoms with van der Waals surface area (Å²) >= 11 is 0. The molecule has 1 aliphatic carbocycles. The van der Waals surface area contributed by atoms with Gasteiger partial charge in [-0.2, -0.15) is 0 Å². The molecule has 7 heteroatoms. The molecule has 4 unspecified atom stereocenters. The van der Waals surface area contributed by atoms with Crippen LogP contribution in [0.3, 0.4) is 0 Å². The van der Waals surface area contributed by atoms with Gasteiger partial charge in [0.2, 0.25) is 0 Å². The average Bonchev–Trinajstić information content (AvgIpc) is 3.22. The Morgan fingerprint density at radius 1 is 1.33 bits per heavy atom. The highest BCUT2D eigenvalue weighted by Crippen LogP contribution is 2.34. The number of hydrogen-bond donors (Lipinski definition) is 2. The Labute approximate surface area is 140 Å². The van der Waals surface area contributed by atoms with Crippen molar-refractivity contribution in [2.75, 3.05) is 6.61 Å². The van der Waals surface area contributed by atoms with Gasteiger partial charge in [0, 0.05) is 24.8 Å². The monoisotopic (exact) mass is 329 g/mol. The number of aromatic nitrogens is 3. The van der Waals surface area contributed by atoms with Gasteiger partial charge in [-0.15, -0.1) is 10.2 Å². The maximum absolute atomic E-state index is 12.4. The van der Waals surface area contributed by atoms with E-state index in [-0.39, 0.29) is 18.1 Å². The Morgan fingerprint density at radius 3 is 3.17 bits per heavy atom. The number of carbonyl (C=O) groups is 1. The summed E-state index contributed by atoms with van der Waals surface area (Å²) in [6.07, 6.45) is 6.52. The minimum Gasteiger partial charge on any atom is -0.378 e. The fourth-order valence-corrected chi connectivity index (χ4v) is 3.98. The molecule has 2 N–H and O–H groups in total. The Hall–Kier alpha value is -2.15. The van der Waals surface area contributed by atoms with Gasteiger partial charge < -0.3 is 15.4 Å². The lowest BCUT2D eigenvalue weighted by Crippen LogP contribution is -2.49. The van der Waals surface area contributed by atoms with Gasteiger partial charge in [-0.3, -0.25) is 4.40 Å². The fourth-order valence-electron chi connectivity index (χ4n) is 3.98. The van der Waals surface area contributed by atoms with Crippen molar-refractivity contribution in [3.8, 4) is 0 Å². The zero-order valence-corrected chi connectivity index (χ0v) is 13.8. The molecule has 0 radical (unpaired) electrons. The summed E-state index contributed by atoms with van der Waals surface area (Å²) in [7, 11) is 0. The van der Waals surface area contributed by atoms with Crippen LogP contribution in [0.4, 0.5) is 4.79 Å². The number of rotatable bonds is 3. The minimum absolute atomic E-state index is 0.146. The van der Waals surface area contributed by atoms with E-state index in [1.807, 2.05) is 35.7 Å². The number of urea groups is 1. The molecule has 0 aromatic carbocycles. The van der Waals surface area contributed by atoms with E-state index >= 15 is 0 Å². The number of ether oxygens (including phenoxy) is 1. The molecule has 4 rings (SSSR count). The lowest BCUT2D eigenvalue weighted by molar-refractivity contribution is 0.0549. The lowest BCUT2D eigenvalue weighted by Gasteiger charge is -2.33. The van der Waals surface area contributed by atoms with E-state index < -0.39 is 0 Å². The maximum atomic E-state index is 12.4. The van der Waals surface area contributed by atoms with Crippen LogP contribution < -0.4 is 10.6 Å². The summed E-state index contributed by atoms with van der Waals surface area (Å²) in [6, 6.07) is 5.57. The Balaban J connectivity index is 1.40. The third-order valence-electron chi connectivity index (χ3n) is 5.17. The molecule has 0 bridgehead atoms. The topological polar surface area (TPSA) is 80.5 Å². The van der Waals surface area contributed by atoms with E-state index in [0.717, 1.165) is 43.8 Å². The van der Waals surface area contributed by atoms with Gasteiger partial charge in [0.05, 0.1) is 12.1 Å². The molecule has 3 heterocycles. The van der Waals surface area contributed by atoms with Gasteiger partial charge in [-0.05, 0) is 44.7 Å². The van der Waals surface area contributed by atoms with Crippen LogP contribution in [0.1, 0.15) is 44.5 Å². The van der Waals surface area contributed by atoms with Crippen molar-refractivity contribution >= 4 is 11.7 Å².